The van der Waals surface area contributed by atoms with Gasteiger partial charge in [-0.1, -0.05) is 24.3 Å². The number of anilines is 3. The number of para-hydroxylation sites is 1. The zero-order valence-electron chi connectivity index (χ0n) is 19.7. The summed E-state index contributed by atoms with van der Waals surface area (Å²) in [5, 5.41) is 23.6. The number of nitrogen functional groups attached to an aromatic ring is 1. The first-order chi connectivity index (χ1) is 17.9. The van der Waals surface area contributed by atoms with E-state index in [4.69, 9.17) is 15.2 Å². The first kappa shape index (κ1) is 24.6. The van der Waals surface area contributed by atoms with Crippen LogP contribution < -0.4 is 20.5 Å². The average molecular weight is 495 g/mol. The number of nitrogens with one attached hydrogen (secondary N) is 1. The Balaban J connectivity index is 1.54. The van der Waals surface area contributed by atoms with E-state index in [0.29, 0.717) is 17.1 Å². The maximum atomic E-state index is 10.8. The molecule has 37 heavy (non-hydrogen) atoms. The van der Waals surface area contributed by atoms with Gasteiger partial charge in [0.15, 0.2) is 17.3 Å². The van der Waals surface area contributed by atoms with Crippen molar-refractivity contribution in [2.45, 2.75) is 6.61 Å². The fourth-order valence-corrected chi connectivity index (χ4v) is 3.30. The lowest BCUT2D eigenvalue weighted by atomic mass is 10.1. The first-order valence-corrected chi connectivity index (χ1v) is 10.9. The molecule has 0 aliphatic rings. The van der Waals surface area contributed by atoms with Crippen LogP contribution in [0.2, 0.25) is 0 Å². The van der Waals surface area contributed by atoms with Gasteiger partial charge in [-0.15, -0.1) is 0 Å². The lowest BCUT2D eigenvalue weighted by molar-refractivity contribution is -0.384. The predicted octanol–water partition coefficient (Wildman–Crippen LogP) is 4.76. The van der Waals surface area contributed by atoms with Gasteiger partial charge in [0.2, 0.25) is 11.9 Å². The minimum Gasteiger partial charge on any atom is -0.493 e. The maximum absolute atomic E-state index is 10.8. The average Bonchev–Trinajstić information content (AvgIpc) is 2.91. The number of rotatable bonds is 9. The third-order valence-corrected chi connectivity index (χ3v) is 5.08. The number of nitro groups is 1. The molecular formula is C26H21N7O4. The van der Waals surface area contributed by atoms with Gasteiger partial charge in [-0.3, -0.25) is 10.1 Å². The summed E-state index contributed by atoms with van der Waals surface area (Å²) in [5.74, 6) is 1.20. The van der Waals surface area contributed by atoms with Gasteiger partial charge in [0, 0.05) is 17.8 Å². The number of ether oxygens (including phenoxy) is 2. The van der Waals surface area contributed by atoms with Crippen molar-refractivity contribution >= 4 is 34.9 Å². The largest absolute Gasteiger partial charge is 0.493 e. The standard InChI is InChI=1S/C26H21N7O4/c1-36-23-14-18(9-12-22(23)37-16-17-7-10-21(11-8-17)33(34)35)13-19(15-27)24-30-25(28)32-26(31-24)29-20-5-3-2-4-6-20/h2-14H,16H2,1H3,(H3,28,29,30,31,32). The van der Waals surface area contributed by atoms with Gasteiger partial charge in [-0.25, -0.2) is 0 Å². The second kappa shape index (κ2) is 11.3. The van der Waals surface area contributed by atoms with E-state index in [1.54, 1.807) is 36.4 Å². The molecule has 0 aliphatic carbocycles. The van der Waals surface area contributed by atoms with Gasteiger partial charge in [0.25, 0.3) is 5.69 Å². The summed E-state index contributed by atoms with van der Waals surface area (Å²) in [7, 11) is 1.50. The molecule has 0 aliphatic heterocycles. The zero-order valence-corrected chi connectivity index (χ0v) is 19.7. The fraction of sp³-hybridized carbons (Fsp3) is 0.0769. The van der Waals surface area contributed by atoms with Crippen molar-refractivity contribution in [3.8, 4) is 17.6 Å². The lowest BCUT2D eigenvalue weighted by Gasteiger charge is -2.12. The van der Waals surface area contributed by atoms with Gasteiger partial charge < -0.3 is 20.5 Å². The van der Waals surface area contributed by atoms with E-state index in [0.717, 1.165) is 11.3 Å². The molecule has 0 saturated carbocycles. The van der Waals surface area contributed by atoms with Crippen LogP contribution in [0.1, 0.15) is 17.0 Å². The van der Waals surface area contributed by atoms with Crippen molar-refractivity contribution in [2.75, 3.05) is 18.2 Å². The van der Waals surface area contributed by atoms with Gasteiger partial charge in [0.05, 0.1) is 17.6 Å². The minimum atomic E-state index is -0.457. The van der Waals surface area contributed by atoms with Crippen LogP contribution in [0.25, 0.3) is 11.6 Å². The number of hydrogen-bond acceptors (Lipinski definition) is 10. The van der Waals surface area contributed by atoms with Crippen molar-refractivity contribution < 1.29 is 14.4 Å². The van der Waals surface area contributed by atoms with E-state index in [1.807, 2.05) is 30.3 Å². The number of aromatic nitrogens is 3. The van der Waals surface area contributed by atoms with Crippen LogP contribution in [0.3, 0.4) is 0 Å². The second-order valence-electron chi connectivity index (χ2n) is 7.62. The molecule has 0 atom stereocenters. The Labute approximate surface area is 212 Å². The molecule has 0 radical (unpaired) electrons. The first-order valence-electron chi connectivity index (χ1n) is 10.9. The van der Waals surface area contributed by atoms with Crippen molar-refractivity contribution in [1.82, 2.24) is 15.0 Å². The third-order valence-electron chi connectivity index (χ3n) is 5.08. The molecule has 184 valence electrons. The van der Waals surface area contributed by atoms with Gasteiger partial charge in [-0.2, -0.15) is 20.2 Å². The van der Waals surface area contributed by atoms with Crippen molar-refractivity contribution in [2.24, 2.45) is 0 Å². The molecular weight excluding hydrogens is 474 g/mol. The van der Waals surface area contributed by atoms with Gasteiger partial charge in [0.1, 0.15) is 12.7 Å². The van der Waals surface area contributed by atoms with Crippen LogP contribution in [0.15, 0.2) is 72.8 Å². The molecule has 4 rings (SSSR count). The summed E-state index contributed by atoms with van der Waals surface area (Å²) < 4.78 is 11.3. The van der Waals surface area contributed by atoms with Crippen molar-refractivity contribution in [3.63, 3.8) is 0 Å². The van der Waals surface area contributed by atoms with E-state index in [-0.39, 0.29) is 35.6 Å². The molecule has 1 aromatic heterocycles. The number of hydrogen-bond donors (Lipinski definition) is 2. The van der Waals surface area contributed by atoms with E-state index in [2.05, 4.69) is 26.3 Å². The van der Waals surface area contributed by atoms with E-state index in [1.165, 1.54) is 19.2 Å². The lowest BCUT2D eigenvalue weighted by Crippen LogP contribution is -2.06. The molecule has 0 spiro atoms. The Morgan fingerprint density at radius 3 is 2.51 bits per heavy atom. The Hall–Kier alpha value is -5.50. The third kappa shape index (κ3) is 6.34. The number of nitriles is 1. The number of nitrogens with two attached hydrogens (primary N) is 1. The maximum Gasteiger partial charge on any atom is 0.269 e. The Kier molecular flexibility index (Phi) is 7.51. The van der Waals surface area contributed by atoms with Crippen molar-refractivity contribution in [3.05, 3.63) is 99.9 Å². The van der Waals surface area contributed by atoms with Crippen LogP contribution >= 0.6 is 0 Å². The number of nitro benzene ring substituents is 1. The second-order valence-corrected chi connectivity index (χ2v) is 7.62. The molecule has 0 saturated heterocycles. The van der Waals surface area contributed by atoms with Crippen LogP contribution in [0.4, 0.5) is 23.3 Å². The predicted molar refractivity (Wildman–Crippen MR) is 138 cm³/mol. The van der Waals surface area contributed by atoms with Crippen LogP contribution in [-0.4, -0.2) is 27.0 Å². The Morgan fingerprint density at radius 2 is 1.84 bits per heavy atom. The summed E-state index contributed by atoms with van der Waals surface area (Å²) in [6, 6.07) is 22.6. The Morgan fingerprint density at radius 1 is 1.08 bits per heavy atom. The van der Waals surface area contributed by atoms with Crippen LogP contribution in [0, 0.1) is 21.4 Å². The molecule has 0 bridgehead atoms. The summed E-state index contributed by atoms with van der Waals surface area (Å²) in [6.45, 7) is 0.189. The van der Waals surface area contributed by atoms with Gasteiger partial charge in [-0.05, 0) is 53.6 Å². The molecule has 1 heterocycles. The number of methoxy groups -OCH3 is 1. The van der Waals surface area contributed by atoms with Gasteiger partial charge >= 0.3 is 0 Å². The summed E-state index contributed by atoms with van der Waals surface area (Å²) in [5.41, 5.74) is 8.21. The molecule has 11 heteroatoms. The highest BCUT2D eigenvalue weighted by Gasteiger charge is 2.12. The van der Waals surface area contributed by atoms with E-state index in [9.17, 15) is 15.4 Å². The van der Waals surface area contributed by atoms with E-state index >= 15 is 0 Å². The highest BCUT2D eigenvalue weighted by molar-refractivity contribution is 5.87. The smallest absolute Gasteiger partial charge is 0.269 e. The number of allylic oxidation sites excluding steroid dienone is 1. The summed E-state index contributed by atoms with van der Waals surface area (Å²) >= 11 is 0. The molecule has 11 nitrogen and oxygen atoms in total. The highest BCUT2D eigenvalue weighted by Crippen LogP contribution is 2.30. The fourth-order valence-electron chi connectivity index (χ4n) is 3.30. The normalized spacial score (nSPS) is 10.9. The molecule has 3 aromatic carbocycles. The molecule has 0 unspecified atom stereocenters. The molecule has 0 amide bonds. The topological polar surface area (TPSA) is 162 Å². The molecule has 3 N–H and O–H groups in total. The number of benzene rings is 3. The molecule has 0 fully saturated rings. The number of non-ortho nitro benzene ring substituents is 1. The van der Waals surface area contributed by atoms with Crippen molar-refractivity contribution in [1.29, 1.82) is 5.26 Å². The quantitative estimate of drug-likeness (QED) is 0.188. The van der Waals surface area contributed by atoms with Crippen LogP contribution in [0.5, 0.6) is 11.5 Å². The number of nitrogens with zero attached hydrogens (tertiary/aromatic N) is 5. The zero-order chi connectivity index (χ0) is 26.2. The minimum absolute atomic E-state index is 0.00803. The SMILES string of the molecule is COc1cc(C=C(C#N)c2nc(N)nc(Nc3ccccc3)n2)ccc1OCc1ccc([N+](=O)[O-])cc1. The van der Waals surface area contributed by atoms with Crippen LogP contribution in [-0.2, 0) is 6.61 Å². The summed E-state index contributed by atoms with van der Waals surface area (Å²) in [6.07, 6.45) is 1.60. The highest BCUT2D eigenvalue weighted by atomic mass is 16.6. The van der Waals surface area contributed by atoms with E-state index < -0.39 is 4.92 Å². The monoisotopic (exact) mass is 495 g/mol. The molecule has 4 aromatic rings. The Bertz CT molecular complexity index is 1480. The summed E-state index contributed by atoms with van der Waals surface area (Å²) in [4.78, 5) is 22.9.